The largest absolute Gasteiger partial charge is 0.399 e. The highest BCUT2D eigenvalue weighted by Crippen LogP contribution is 2.36. The second-order valence-electron chi connectivity index (χ2n) is 7.90. The Labute approximate surface area is 188 Å². The lowest BCUT2D eigenvalue weighted by Gasteiger charge is -2.37. The number of rotatable bonds is 5. The Morgan fingerprint density at radius 3 is 2.84 bits per heavy atom. The maximum atomic E-state index is 12.8. The summed E-state index contributed by atoms with van der Waals surface area (Å²) >= 11 is 2.99. The molecule has 1 atom stereocenters. The molecule has 2 saturated heterocycles. The van der Waals surface area contributed by atoms with Crippen LogP contribution in [0.15, 0.2) is 42.6 Å². The topological polar surface area (TPSA) is 100 Å². The van der Waals surface area contributed by atoms with Crippen LogP contribution in [0, 0.1) is 0 Å². The van der Waals surface area contributed by atoms with E-state index in [1.807, 2.05) is 35.4 Å². The van der Waals surface area contributed by atoms with Gasteiger partial charge in [-0.2, -0.15) is 0 Å². The number of nitrogens with one attached hydrogen (secondary N) is 2. The van der Waals surface area contributed by atoms with E-state index in [0.29, 0.717) is 23.0 Å². The Balaban J connectivity index is 1.17. The summed E-state index contributed by atoms with van der Waals surface area (Å²) in [6.45, 7) is 2.20. The normalized spacial score (nSPS) is 18.7. The number of aromatic nitrogens is 1. The number of carbonyl (C=O) groups is 2. The van der Waals surface area contributed by atoms with Crippen molar-refractivity contribution in [3.8, 4) is 10.4 Å². The molecule has 2 aliphatic heterocycles. The number of nitrogens with two attached hydrogens (primary N) is 1. The van der Waals surface area contributed by atoms with Crippen molar-refractivity contribution in [1.82, 2.24) is 15.2 Å². The number of nitrogens with zero attached hydrogens (tertiary/aromatic N) is 2. The molecule has 4 heterocycles. The molecule has 2 fully saturated rings. The summed E-state index contributed by atoms with van der Waals surface area (Å²) < 4.78 is 0. The molecule has 7 nitrogen and oxygen atoms in total. The third-order valence-electron chi connectivity index (χ3n) is 5.65. The van der Waals surface area contributed by atoms with Gasteiger partial charge < -0.3 is 21.3 Å². The SMILES string of the molecule is Nc1cccc(-c2cnc(C3CN(C(=O)c4ccc(NC(=O)[C@@H]5CCCN5)s4)C3)s2)c1. The molecule has 0 unspecified atom stereocenters. The number of anilines is 2. The Hall–Kier alpha value is -2.75. The minimum atomic E-state index is -0.132. The molecule has 9 heteroatoms. The number of likely N-dealkylation sites (tertiary alicyclic amines) is 1. The number of thiophene rings is 1. The van der Waals surface area contributed by atoms with Gasteiger partial charge in [0.05, 0.1) is 25.8 Å². The van der Waals surface area contributed by atoms with Crippen LogP contribution < -0.4 is 16.4 Å². The first kappa shape index (κ1) is 20.2. The minimum Gasteiger partial charge on any atom is -0.399 e. The van der Waals surface area contributed by atoms with Gasteiger partial charge in [0.1, 0.15) is 0 Å². The van der Waals surface area contributed by atoms with E-state index in [4.69, 9.17) is 5.73 Å². The Morgan fingerprint density at radius 2 is 2.06 bits per heavy atom. The van der Waals surface area contributed by atoms with E-state index >= 15 is 0 Å². The lowest BCUT2D eigenvalue weighted by molar-refractivity contribution is -0.117. The van der Waals surface area contributed by atoms with Crippen LogP contribution in [-0.2, 0) is 4.79 Å². The minimum absolute atomic E-state index is 0.00773. The second kappa shape index (κ2) is 8.41. The standard InChI is InChI=1S/C22H23N5O2S2/c23-15-4-1-3-13(9-15)18-10-25-21(31-18)14-11-27(12-14)22(29)17-6-7-19(30-17)26-20(28)16-5-2-8-24-16/h1,3-4,6-7,9-10,14,16,24H,2,5,8,11-12,23H2,(H,26,28)/t16-/m0/s1. The number of benzene rings is 1. The lowest BCUT2D eigenvalue weighted by Crippen LogP contribution is -2.48. The fraction of sp³-hybridized carbons (Fsp3) is 0.318. The number of nitrogen functional groups attached to an aromatic ring is 1. The van der Waals surface area contributed by atoms with E-state index in [0.717, 1.165) is 40.5 Å². The summed E-state index contributed by atoms with van der Waals surface area (Å²) in [6.07, 6.45) is 3.75. The predicted octanol–water partition coefficient (Wildman–Crippen LogP) is 3.38. The number of hydrogen-bond donors (Lipinski definition) is 3. The van der Waals surface area contributed by atoms with Crippen molar-refractivity contribution >= 4 is 45.2 Å². The Bertz CT molecular complexity index is 1110. The molecule has 0 aliphatic carbocycles. The highest BCUT2D eigenvalue weighted by molar-refractivity contribution is 7.18. The first-order chi connectivity index (χ1) is 15.1. The zero-order chi connectivity index (χ0) is 21.4. The zero-order valence-corrected chi connectivity index (χ0v) is 18.5. The van der Waals surface area contributed by atoms with Gasteiger partial charge in [-0.05, 0) is 49.2 Å². The highest BCUT2D eigenvalue weighted by atomic mass is 32.1. The van der Waals surface area contributed by atoms with Crippen molar-refractivity contribution < 1.29 is 9.59 Å². The monoisotopic (exact) mass is 453 g/mol. The van der Waals surface area contributed by atoms with Crippen molar-refractivity contribution in [3.63, 3.8) is 0 Å². The summed E-state index contributed by atoms with van der Waals surface area (Å²) in [4.78, 5) is 33.2. The quantitative estimate of drug-likeness (QED) is 0.514. The molecule has 2 aliphatic rings. The molecule has 5 rings (SSSR count). The van der Waals surface area contributed by atoms with Gasteiger partial charge in [-0.1, -0.05) is 12.1 Å². The molecule has 4 N–H and O–H groups in total. The maximum absolute atomic E-state index is 12.8. The van der Waals surface area contributed by atoms with Gasteiger partial charge in [0, 0.05) is 30.9 Å². The first-order valence-corrected chi connectivity index (χ1v) is 11.9. The number of carbonyl (C=O) groups excluding carboxylic acids is 2. The molecule has 2 aromatic heterocycles. The fourth-order valence-corrected chi connectivity index (χ4v) is 5.77. The summed E-state index contributed by atoms with van der Waals surface area (Å²) in [6, 6.07) is 11.3. The fourth-order valence-electron chi connectivity index (χ4n) is 3.90. The van der Waals surface area contributed by atoms with Crippen LogP contribution in [0.5, 0.6) is 0 Å². The van der Waals surface area contributed by atoms with Gasteiger partial charge in [0.2, 0.25) is 5.91 Å². The zero-order valence-electron chi connectivity index (χ0n) is 16.8. The van der Waals surface area contributed by atoms with E-state index in [2.05, 4.69) is 15.6 Å². The van der Waals surface area contributed by atoms with Crippen LogP contribution in [0.3, 0.4) is 0 Å². The van der Waals surface area contributed by atoms with E-state index in [9.17, 15) is 9.59 Å². The van der Waals surface area contributed by atoms with Gasteiger partial charge >= 0.3 is 0 Å². The molecule has 0 spiro atoms. The van der Waals surface area contributed by atoms with Crippen molar-refractivity contribution in [2.75, 3.05) is 30.7 Å². The van der Waals surface area contributed by atoms with Gasteiger partial charge in [-0.3, -0.25) is 9.59 Å². The van der Waals surface area contributed by atoms with Crippen molar-refractivity contribution in [3.05, 3.63) is 52.5 Å². The molecule has 0 radical (unpaired) electrons. The Kier molecular flexibility index (Phi) is 5.47. The van der Waals surface area contributed by atoms with E-state index in [1.165, 1.54) is 11.3 Å². The van der Waals surface area contributed by atoms with Crippen LogP contribution in [0.4, 0.5) is 10.7 Å². The maximum Gasteiger partial charge on any atom is 0.264 e. The predicted molar refractivity (Wildman–Crippen MR) is 125 cm³/mol. The number of thiazole rings is 1. The third kappa shape index (κ3) is 4.21. The molecule has 31 heavy (non-hydrogen) atoms. The molecular formula is C22H23N5O2S2. The molecule has 0 bridgehead atoms. The average Bonchev–Trinajstić information content (AvgIpc) is 3.48. The van der Waals surface area contributed by atoms with E-state index in [-0.39, 0.29) is 23.8 Å². The lowest BCUT2D eigenvalue weighted by atomic mass is 10.0. The second-order valence-corrected chi connectivity index (χ2v) is 10.0. The summed E-state index contributed by atoms with van der Waals surface area (Å²) in [5, 5.41) is 7.86. The molecule has 2 amide bonds. The van der Waals surface area contributed by atoms with Crippen LogP contribution >= 0.6 is 22.7 Å². The van der Waals surface area contributed by atoms with Gasteiger partial charge in [0.15, 0.2) is 0 Å². The third-order valence-corrected chi connectivity index (χ3v) is 7.85. The summed E-state index contributed by atoms with van der Waals surface area (Å²) in [7, 11) is 0. The highest BCUT2D eigenvalue weighted by Gasteiger charge is 2.35. The molecule has 160 valence electrons. The Morgan fingerprint density at radius 1 is 1.19 bits per heavy atom. The van der Waals surface area contributed by atoms with Crippen LogP contribution in [-0.4, -0.2) is 47.4 Å². The molecule has 3 aromatic rings. The molecule has 1 aromatic carbocycles. The van der Waals surface area contributed by atoms with Crippen LogP contribution in [0.25, 0.3) is 10.4 Å². The van der Waals surface area contributed by atoms with Crippen molar-refractivity contribution in [1.29, 1.82) is 0 Å². The van der Waals surface area contributed by atoms with Crippen LogP contribution in [0.2, 0.25) is 0 Å². The van der Waals surface area contributed by atoms with Crippen molar-refractivity contribution in [2.24, 2.45) is 0 Å². The van der Waals surface area contributed by atoms with Crippen LogP contribution in [0.1, 0.15) is 33.4 Å². The van der Waals surface area contributed by atoms with Crippen molar-refractivity contribution in [2.45, 2.75) is 24.8 Å². The van der Waals surface area contributed by atoms with Gasteiger partial charge in [0.25, 0.3) is 5.91 Å². The molecule has 0 saturated carbocycles. The molecular weight excluding hydrogens is 430 g/mol. The smallest absolute Gasteiger partial charge is 0.264 e. The van der Waals surface area contributed by atoms with Gasteiger partial charge in [-0.25, -0.2) is 4.98 Å². The average molecular weight is 454 g/mol. The number of amides is 2. The first-order valence-electron chi connectivity index (χ1n) is 10.3. The summed E-state index contributed by atoms with van der Waals surface area (Å²) in [5.41, 5.74) is 7.68. The van der Waals surface area contributed by atoms with Gasteiger partial charge in [-0.15, -0.1) is 22.7 Å². The van der Waals surface area contributed by atoms with E-state index < -0.39 is 0 Å². The summed E-state index contributed by atoms with van der Waals surface area (Å²) in [5.74, 6) is 0.242. The van der Waals surface area contributed by atoms with E-state index in [1.54, 1.807) is 23.5 Å². The number of hydrogen-bond acceptors (Lipinski definition) is 7.